The molecule has 0 fully saturated rings. The number of methoxy groups -OCH3 is 1. The lowest BCUT2D eigenvalue weighted by molar-refractivity contribution is 0.385. The van der Waals surface area contributed by atoms with Crippen molar-refractivity contribution in [3.05, 3.63) is 64.7 Å². The van der Waals surface area contributed by atoms with Crippen LogP contribution in [0.4, 0.5) is 8.78 Å². The second-order valence-electron chi connectivity index (χ2n) is 5.91. The van der Waals surface area contributed by atoms with Gasteiger partial charge < -0.3 is 15.0 Å². The van der Waals surface area contributed by atoms with Crippen molar-refractivity contribution in [1.29, 1.82) is 5.26 Å². The molecule has 0 aliphatic rings. The maximum absolute atomic E-state index is 14.0. The van der Waals surface area contributed by atoms with Crippen LogP contribution in [0.1, 0.15) is 23.6 Å². The van der Waals surface area contributed by atoms with E-state index in [4.69, 9.17) is 10.00 Å². The van der Waals surface area contributed by atoms with Gasteiger partial charge in [-0.2, -0.15) is 5.26 Å². The van der Waals surface area contributed by atoms with E-state index in [1.165, 1.54) is 19.2 Å². The van der Waals surface area contributed by atoms with Crippen LogP contribution in [0.25, 0.3) is 0 Å². The lowest BCUT2D eigenvalue weighted by atomic mass is 10.1. The van der Waals surface area contributed by atoms with Crippen LogP contribution in [0.3, 0.4) is 0 Å². The van der Waals surface area contributed by atoms with Crippen molar-refractivity contribution in [2.75, 3.05) is 20.7 Å². The zero-order chi connectivity index (χ0) is 19.8. The zero-order valence-electron chi connectivity index (χ0n) is 15.6. The topological polar surface area (TPSA) is 60.7 Å². The molecule has 5 nitrogen and oxygen atoms in total. The number of nitriles is 1. The number of ether oxygens (including phenoxy) is 1. The molecule has 2 aromatic rings. The highest BCUT2D eigenvalue weighted by molar-refractivity contribution is 5.79. The highest BCUT2D eigenvalue weighted by atomic mass is 19.1. The SMILES string of the molecule is CCNC(=NCc1ccc(C#N)cc1F)N(C)Cc1ccc(OC)c(F)c1. The fourth-order valence-electron chi connectivity index (χ4n) is 2.53. The van der Waals surface area contributed by atoms with Crippen molar-refractivity contribution in [3.63, 3.8) is 0 Å². The van der Waals surface area contributed by atoms with Gasteiger partial charge in [0.25, 0.3) is 0 Å². The minimum Gasteiger partial charge on any atom is -0.494 e. The van der Waals surface area contributed by atoms with Gasteiger partial charge in [0.2, 0.25) is 0 Å². The summed E-state index contributed by atoms with van der Waals surface area (Å²) < 4.78 is 32.8. The number of hydrogen-bond acceptors (Lipinski definition) is 3. The highest BCUT2D eigenvalue weighted by Gasteiger charge is 2.10. The molecule has 1 N–H and O–H groups in total. The maximum atomic E-state index is 14.0. The minimum absolute atomic E-state index is 0.126. The number of benzene rings is 2. The minimum atomic E-state index is -0.464. The Morgan fingerprint density at radius 1 is 1.22 bits per heavy atom. The van der Waals surface area contributed by atoms with E-state index in [1.54, 1.807) is 24.3 Å². The molecule has 2 aromatic carbocycles. The zero-order valence-corrected chi connectivity index (χ0v) is 15.6. The Kier molecular flexibility index (Phi) is 7.12. The molecule has 27 heavy (non-hydrogen) atoms. The van der Waals surface area contributed by atoms with Crippen molar-refractivity contribution in [3.8, 4) is 11.8 Å². The molecule has 0 heterocycles. The fourth-order valence-corrected chi connectivity index (χ4v) is 2.53. The van der Waals surface area contributed by atoms with Crippen LogP contribution >= 0.6 is 0 Å². The molecule has 0 unspecified atom stereocenters. The fraction of sp³-hybridized carbons (Fsp3) is 0.300. The first-order valence-electron chi connectivity index (χ1n) is 8.48. The summed E-state index contributed by atoms with van der Waals surface area (Å²) in [5.74, 6) is -0.130. The first-order chi connectivity index (χ1) is 13.0. The van der Waals surface area contributed by atoms with Crippen molar-refractivity contribution in [1.82, 2.24) is 10.2 Å². The van der Waals surface area contributed by atoms with Gasteiger partial charge in [0, 0.05) is 25.7 Å². The number of aliphatic imine (C=N–C) groups is 1. The second kappa shape index (κ2) is 9.53. The Morgan fingerprint density at radius 3 is 2.59 bits per heavy atom. The molecule has 0 aliphatic carbocycles. The van der Waals surface area contributed by atoms with Gasteiger partial charge in [-0.15, -0.1) is 0 Å². The molecule has 2 rings (SSSR count). The number of nitrogens with one attached hydrogen (secondary N) is 1. The third kappa shape index (κ3) is 5.42. The van der Waals surface area contributed by atoms with E-state index in [9.17, 15) is 8.78 Å². The molecule has 142 valence electrons. The molecule has 0 atom stereocenters. The van der Waals surface area contributed by atoms with Gasteiger partial charge in [-0.3, -0.25) is 0 Å². The van der Waals surface area contributed by atoms with E-state index in [-0.39, 0.29) is 17.9 Å². The van der Waals surface area contributed by atoms with Gasteiger partial charge >= 0.3 is 0 Å². The molecule has 0 bridgehead atoms. The molecular formula is C20H22F2N4O. The monoisotopic (exact) mass is 372 g/mol. The van der Waals surface area contributed by atoms with Gasteiger partial charge in [0.1, 0.15) is 5.82 Å². The van der Waals surface area contributed by atoms with Gasteiger partial charge in [0.15, 0.2) is 17.5 Å². The van der Waals surface area contributed by atoms with Crippen LogP contribution in [-0.4, -0.2) is 31.6 Å². The number of rotatable bonds is 6. The summed E-state index contributed by atoms with van der Waals surface area (Å²) in [6, 6.07) is 11.0. The van der Waals surface area contributed by atoms with Crippen LogP contribution in [0.15, 0.2) is 41.4 Å². The third-order valence-electron chi connectivity index (χ3n) is 3.91. The van der Waals surface area contributed by atoms with E-state index in [2.05, 4.69) is 10.3 Å². The lowest BCUT2D eigenvalue weighted by Gasteiger charge is -2.22. The molecule has 0 radical (unpaired) electrons. The van der Waals surface area contributed by atoms with Crippen LogP contribution in [-0.2, 0) is 13.1 Å². The Morgan fingerprint density at radius 2 is 2.00 bits per heavy atom. The summed E-state index contributed by atoms with van der Waals surface area (Å²) in [6.07, 6.45) is 0. The summed E-state index contributed by atoms with van der Waals surface area (Å²) in [7, 11) is 3.24. The standard InChI is InChI=1S/C20H22F2N4O/c1-4-24-20(25-12-16-7-5-14(11-23)9-17(16)21)26(2)13-15-6-8-19(27-3)18(22)10-15/h5-10H,4,12-13H2,1-3H3,(H,24,25). The van der Waals surface area contributed by atoms with Crippen LogP contribution in [0.5, 0.6) is 5.75 Å². The van der Waals surface area contributed by atoms with Crippen molar-refractivity contribution in [2.45, 2.75) is 20.0 Å². The van der Waals surface area contributed by atoms with Crippen molar-refractivity contribution in [2.24, 2.45) is 4.99 Å². The molecule has 0 aliphatic heterocycles. The Hall–Kier alpha value is -3.14. The molecule has 0 saturated heterocycles. The average molecular weight is 372 g/mol. The summed E-state index contributed by atoms with van der Waals surface area (Å²) in [4.78, 5) is 6.27. The molecule has 0 saturated carbocycles. The normalized spacial score (nSPS) is 11.0. The van der Waals surface area contributed by atoms with Gasteiger partial charge in [-0.1, -0.05) is 12.1 Å². The highest BCUT2D eigenvalue weighted by Crippen LogP contribution is 2.18. The van der Waals surface area contributed by atoms with E-state index in [0.29, 0.717) is 24.6 Å². The number of guanidine groups is 1. The molecule has 0 amide bonds. The van der Waals surface area contributed by atoms with E-state index >= 15 is 0 Å². The Labute approximate surface area is 157 Å². The summed E-state index contributed by atoms with van der Waals surface area (Å²) in [6.45, 7) is 3.11. The Bertz CT molecular complexity index is 862. The number of nitrogens with zero attached hydrogens (tertiary/aromatic N) is 3. The van der Waals surface area contributed by atoms with Gasteiger partial charge in [-0.05, 0) is 36.8 Å². The third-order valence-corrected chi connectivity index (χ3v) is 3.91. The quantitative estimate of drug-likeness (QED) is 0.623. The predicted octanol–water partition coefficient (Wildman–Crippen LogP) is 3.44. The predicted molar refractivity (Wildman–Crippen MR) is 100 cm³/mol. The molecule has 0 aromatic heterocycles. The summed E-state index contributed by atoms with van der Waals surface area (Å²) in [5.41, 5.74) is 1.42. The molecule has 0 spiro atoms. The van der Waals surface area contributed by atoms with Crippen molar-refractivity contribution >= 4 is 5.96 Å². The lowest BCUT2D eigenvalue weighted by Crippen LogP contribution is -2.38. The number of halogens is 2. The van der Waals surface area contributed by atoms with Gasteiger partial charge in [0.05, 0.1) is 25.3 Å². The van der Waals surface area contributed by atoms with Gasteiger partial charge in [-0.25, -0.2) is 13.8 Å². The second-order valence-corrected chi connectivity index (χ2v) is 5.91. The maximum Gasteiger partial charge on any atom is 0.194 e. The Balaban J connectivity index is 2.14. The van der Waals surface area contributed by atoms with E-state index in [0.717, 1.165) is 5.56 Å². The van der Waals surface area contributed by atoms with Crippen LogP contribution in [0, 0.1) is 23.0 Å². The first kappa shape index (κ1) is 20.2. The van der Waals surface area contributed by atoms with Crippen LogP contribution < -0.4 is 10.1 Å². The summed E-state index contributed by atoms with van der Waals surface area (Å²) in [5, 5.41) is 11.9. The number of hydrogen-bond donors (Lipinski definition) is 1. The molecule has 7 heteroatoms. The first-order valence-corrected chi connectivity index (χ1v) is 8.48. The van der Waals surface area contributed by atoms with Crippen LogP contribution in [0.2, 0.25) is 0 Å². The average Bonchev–Trinajstić information content (AvgIpc) is 2.66. The van der Waals surface area contributed by atoms with E-state index in [1.807, 2.05) is 24.9 Å². The van der Waals surface area contributed by atoms with E-state index < -0.39 is 11.6 Å². The smallest absolute Gasteiger partial charge is 0.194 e. The summed E-state index contributed by atoms with van der Waals surface area (Å²) >= 11 is 0. The largest absolute Gasteiger partial charge is 0.494 e. The van der Waals surface area contributed by atoms with Crippen molar-refractivity contribution < 1.29 is 13.5 Å². The molecular weight excluding hydrogens is 350 g/mol.